The standard InChI is InChI=1S/C13H22N2O2S/c1-4-6-11(3)14-12-7-9-13(10-8-12)15-18(16,17)5-2/h7-11,14-15H,4-6H2,1-3H3. The zero-order valence-corrected chi connectivity index (χ0v) is 12.0. The van der Waals surface area contributed by atoms with E-state index in [0.29, 0.717) is 11.7 Å². The van der Waals surface area contributed by atoms with Crippen molar-refractivity contribution in [2.75, 3.05) is 15.8 Å². The van der Waals surface area contributed by atoms with Gasteiger partial charge in [-0.05, 0) is 44.5 Å². The highest BCUT2D eigenvalue weighted by Gasteiger charge is 2.06. The van der Waals surface area contributed by atoms with E-state index in [-0.39, 0.29) is 5.75 Å². The summed E-state index contributed by atoms with van der Waals surface area (Å²) in [6, 6.07) is 7.75. The second kappa shape index (κ2) is 6.64. The predicted octanol–water partition coefficient (Wildman–Crippen LogP) is 3.05. The molecule has 0 saturated heterocycles. The van der Waals surface area contributed by atoms with Crippen LogP contribution in [0.4, 0.5) is 11.4 Å². The Morgan fingerprint density at radius 1 is 1.11 bits per heavy atom. The molecular weight excluding hydrogens is 248 g/mol. The summed E-state index contributed by atoms with van der Waals surface area (Å²) in [6.07, 6.45) is 2.26. The first-order valence-electron chi connectivity index (χ1n) is 6.34. The largest absolute Gasteiger partial charge is 0.383 e. The van der Waals surface area contributed by atoms with Crippen molar-refractivity contribution in [1.82, 2.24) is 0 Å². The summed E-state index contributed by atoms with van der Waals surface area (Å²) >= 11 is 0. The molecule has 0 aliphatic rings. The molecule has 0 heterocycles. The van der Waals surface area contributed by atoms with Gasteiger partial charge in [0, 0.05) is 17.4 Å². The zero-order chi connectivity index (χ0) is 13.6. The van der Waals surface area contributed by atoms with E-state index in [1.807, 2.05) is 12.1 Å². The summed E-state index contributed by atoms with van der Waals surface area (Å²) in [6.45, 7) is 5.91. The third-order valence-electron chi connectivity index (χ3n) is 2.67. The molecule has 0 saturated carbocycles. The highest BCUT2D eigenvalue weighted by Crippen LogP contribution is 2.16. The minimum atomic E-state index is -3.19. The average molecular weight is 270 g/mol. The van der Waals surface area contributed by atoms with Gasteiger partial charge in [0.25, 0.3) is 0 Å². The van der Waals surface area contributed by atoms with E-state index in [2.05, 4.69) is 23.9 Å². The van der Waals surface area contributed by atoms with E-state index < -0.39 is 10.0 Å². The molecule has 4 nitrogen and oxygen atoms in total. The van der Waals surface area contributed by atoms with Crippen LogP contribution in [0.2, 0.25) is 0 Å². The van der Waals surface area contributed by atoms with E-state index in [4.69, 9.17) is 0 Å². The molecule has 1 aromatic carbocycles. The van der Waals surface area contributed by atoms with Gasteiger partial charge in [-0.1, -0.05) is 13.3 Å². The summed E-state index contributed by atoms with van der Waals surface area (Å²) < 4.78 is 25.3. The van der Waals surface area contributed by atoms with Crippen LogP contribution in [0.3, 0.4) is 0 Å². The maximum atomic E-state index is 11.4. The number of benzene rings is 1. The molecule has 18 heavy (non-hydrogen) atoms. The van der Waals surface area contributed by atoms with Crippen LogP contribution in [-0.4, -0.2) is 20.2 Å². The van der Waals surface area contributed by atoms with Crippen LogP contribution in [0.15, 0.2) is 24.3 Å². The number of sulfonamides is 1. The van der Waals surface area contributed by atoms with Gasteiger partial charge in [0.15, 0.2) is 0 Å². The molecule has 0 radical (unpaired) electrons. The zero-order valence-electron chi connectivity index (χ0n) is 11.2. The lowest BCUT2D eigenvalue weighted by Gasteiger charge is -2.14. The Bertz CT molecular complexity index is 454. The number of anilines is 2. The minimum Gasteiger partial charge on any atom is -0.383 e. The van der Waals surface area contributed by atoms with Gasteiger partial charge in [-0.2, -0.15) is 0 Å². The first-order valence-corrected chi connectivity index (χ1v) is 7.99. The number of nitrogens with one attached hydrogen (secondary N) is 2. The van der Waals surface area contributed by atoms with Crippen LogP contribution < -0.4 is 10.0 Å². The van der Waals surface area contributed by atoms with Crippen molar-refractivity contribution >= 4 is 21.4 Å². The molecule has 102 valence electrons. The van der Waals surface area contributed by atoms with Crippen molar-refractivity contribution in [2.45, 2.75) is 39.7 Å². The summed E-state index contributed by atoms with van der Waals surface area (Å²) in [5.74, 6) is 0.0839. The highest BCUT2D eigenvalue weighted by molar-refractivity contribution is 7.92. The molecule has 0 fully saturated rings. The van der Waals surface area contributed by atoms with E-state index in [0.717, 1.165) is 18.5 Å². The Kier molecular flexibility index (Phi) is 5.47. The van der Waals surface area contributed by atoms with Crippen LogP contribution in [0, 0.1) is 0 Å². The van der Waals surface area contributed by atoms with Gasteiger partial charge in [0.2, 0.25) is 10.0 Å². The maximum absolute atomic E-state index is 11.4. The van der Waals surface area contributed by atoms with Crippen molar-refractivity contribution in [3.63, 3.8) is 0 Å². The Hall–Kier alpha value is -1.23. The molecule has 0 spiro atoms. The minimum absolute atomic E-state index is 0.0839. The summed E-state index contributed by atoms with van der Waals surface area (Å²) in [5.41, 5.74) is 1.61. The summed E-state index contributed by atoms with van der Waals surface area (Å²) in [5, 5.41) is 3.37. The summed E-state index contributed by atoms with van der Waals surface area (Å²) in [4.78, 5) is 0. The molecule has 1 rings (SSSR count). The first kappa shape index (κ1) is 14.8. The van der Waals surface area contributed by atoms with Crippen LogP contribution in [0.1, 0.15) is 33.6 Å². The number of rotatable bonds is 7. The van der Waals surface area contributed by atoms with E-state index >= 15 is 0 Å². The molecule has 1 unspecified atom stereocenters. The van der Waals surface area contributed by atoms with Gasteiger partial charge in [-0.3, -0.25) is 4.72 Å². The first-order chi connectivity index (χ1) is 8.46. The fraction of sp³-hybridized carbons (Fsp3) is 0.538. The van der Waals surface area contributed by atoms with Crippen molar-refractivity contribution in [1.29, 1.82) is 0 Å². The molecule has 0 bridgehead atoms. The molecule has 0 aliphatic carbocycles. The normalized spacial score (nSPS) is 13.1. The highest BCUT2D eigenvalue weighted by atomic mass is 32.2. The molecule has 0 aromatic heterocycles. The Morgan fingerprint density at radius 3 is 2.17 bits per heavy atom. The topological polar surface area (TPSA) is 58.2 Å². The molecular formula is C13H22N2O2S. The monoisotopic (exact) mass is 270 g/mol. The van der Waals surface area contributed by atoms with E-state index in [1.54, 1.807) is 19.1 Å². The lowest BCUT2D eigenvalue weighted by atomic mass is 10.2. The molecule has 5 heteroatoms. The van der Waals surface area contributed by atoms with Crippen LogP contribution >= 0.6 is 0 Å². The van der Waals surface area contributed by atoms with Crippen LogP contribution in [0.25, 0.3) is 0 Å². The third-order valence-corrected chi connectivity index (χ3v) is 3.98. The van der Waals surface area contributed by atoms with Gasteiger partial charge in [0.05, 0.1) is 5.75 Å². The molecule has 0 aliphatic heterocycles. The third kappa shape index (κ3) is 4.96. The summed E-state index contributed by atoms with van der Waals surface area (Å²) in [7, 11) is -3.19. The fourth-order valence-corrected chi connectivity index (χ4v) is 2.32. The average Bonchev–Trinajstić information content (AvgIpc) is 2.32. The number of hydrogen-bond acceptors (Lipinski definition) is 3. The SMILES string of the molecule is CCCC(C)Nc1ccc(NS(=O)(=O)CC)cc1. The lowest BCUT2D eigenvalue weighted by Crippen LogP contribution is -2.15. The van der Waals surface area contributed by atoms with Crippen molar-refractivity contribution in [3.8, 4) is 0 Å². The molecule has 1 atom stereocenters. The van der Waals surface area contributed by atoms with E-state index in [1.165, 1.54) is 0 Å². The fourth-order valence-electron chi connectivity index (χ4n) is 1.68. The Balaban J connectivity index is 2.63. The Labute approximate surface area is 110 Å². The van der Waals surface area contributed by atoms with Gasteiger partial charge in [0.1, 0.15) is 0 Å². The smallest absolute Gasteiger partial charge is 0.232 e. The maximum Gasteiger partial charge on any atom is 0.232 e. The van der Waals surface area contributed by atoms with Crippen molar-refractivity contribution in [3.05, 3.63) is 24.3 Å². The lowest BCUT2D eigenvalue weighted by molar-refractivity contribution is 0.602. The van der Waals surface area contributed by atoms with Gasteiger partial charge in [-0.15, -0.1) is 0 Å². The van der Waals surface area contributed by atoms with Crippen molar-refractivity contribution < 1.29 is 8.42 Å². The second-order valence-electron chi connectivity index (χ2n) is 4.42. The number of hydrogen-bond donors (Lipinski definition) is 2. The molecule has 1 aromatic rings. The quantitative estimate of drug-likeness (QED) is 0.800. The van der Waals surface area contributed by atoms with Gasteiger partial charge in [-0.25, -0.2) is 8.42 Å². The molecule has 2 N–H and O–H groups in total. The molecule has 0 amide bonds. The van der Waals surface area contributed by atoms with Gasteiger partial charge < -0.3 is 5.32 Å². The Morgan fingerprint density at radius 2 is 1.67 bits per heavy atom. The van der Waals surface area contributed by atoms with Gasteiger partial charge >= 0.3 is 0 Å². The van der Waals surface area contributed by atoms with Crippen LogP contribution in [-0.2, 0) is 10.0 Å². The van der Waals surface area contributed by atoms with E-state index in [9.17, 15) is 8.42 Å². The predicted molar refractivity (Wildman–Crippen MR) is 77.5 cm³/mol. The van der Waals surface area contributed by atoms with Crippen molar-refractivity contribution in [2.24, 2.45) is 0 Å². The van der Waals surface area contributed by atoms with Crippen LogP contribution in [0.5, 0.6) is 0 Å². The second-order valence-corrected chi connectivity index (χ2v) is 6.43.